The topological polar surface area (TPSA) is 85.8 Å². The lowest BCUT2D eigenvalue weighted by molar-refractivity contribution is -0.114. The summed E-state index contributed by atoms with van der Waals surface area (Å²) in [5.74, 6) is 0.329. The Labute approximate surface area is 76.1 Å². The van der Waals surface area contributed by atoms with E-state index < -0.39 is 0 Å². The first-order valence-corrected chi connectivity index (χ1v) is 4.10. The van der Waals surface area contributed by atoms with Crippen LogP contribution in [0.25, 0.3) is 0 Å². The largest absolute Gasteiger partial charge is 0.330 e. The average molecular weight is 183 g/mol. The molecule has 13 heavy (non-hydrogen) atoms. The van der Waals surface area contributed by atoms with Crippen LogP contribution < -0.4 is 11.1 Å². The number of amides is 1. The summed E-state index contributed by atoms with van der Waals surface area (Å²) >= 11 is 0. The minimum Gasteiger partial charge on any atom is -0.330 e. The summed E-state index contributed by atoms with van der Waals surface area (Å²) in [6.45, 7) is 2.71. The molecule has 1 amide bonds. The predicted molar refractivity (Wildman–Crippen MR) is 48.0 cm³/mol. The molecule has 6 heteroatoms. The molecular formula is C7H13N5O. The summed E-state index contributed by atoms with van der Waals surface area (Å²) in [5, 5.41) is 10.5. The smallest absolute Gasteiger partial charge is 0.222 e. The summed E-state index contributed by atoms with van der Waals surface area (Å²) in [5.41, 5.74) is 5.33. The van der Waals surface area contributed by atoms with Crippen LogP contribution in [-0.4, -0.2) is 27.4 Å². The Morgan fingerprint density at radius 1 is 1.77 bits per heavy atom. The van der Waals surface area contributed by atoms with Crippen LogP contribution in [0.2, 0.25) is 0 Å². The molecule has 1 rings (SSSR count). The van der Waals surface area contributed by atoms with E-state index >= 15 is 0 Å². The van der Waals surface area contributed by atoms with Crippen molar-refractivity contribution in [1.29, 1.82) is 0 Å². The molecule has 72 valence electrons. The lowest BCUT2D eigenvalue weighted by Crippen LogP contribution is -2.10. The number of nitrogens with zero attached hydrogens (tertiary/aromatic N) is 3. The number of carbonyl (C=O) groups excluding carboxylic acids is 1. The van der Waals surface area contributed by atoms with Gasteiger partial charge < -0.3 is 11.1 Å². The highest BCUT2D eigenvalue weighted by Gasteiger charge is 2.00. The molecule has 0 saturated carbocycles. The van der Waals surface area contributed by atoms with Crippen molar-refractivity contribution in [2.45, 2.75) is 19.9 Å². The number of nitrogens with two attached hydrogens (primary N) is 1. The van der Waals surface area contributed by atoms with Crippen LogP contribution in [0.5, 0.6) is 0 Å². The number of nitrogens with one attached hydrogen (secondary N) is 1. The van der Waals surface area contributed by atoms with Crippen molar-refractivity contribution in [2.24, 2.45) is 5.73 Å². The van der Waals surface area contributed by atoms with Crippen LogP contribution in [-0.2, 0) is 11.3 Å². The Morgan fingerprint density at radius 2 is 2.54 bits per heavy atom. The van der Waals surface area contributed by atoms with Crippen LogP contribution in [0, 0.1) is 0 Å². The van der Waals surface area contributed by atoms with E-state index in [0.29, 0.717) is 18.9 Å². The second-order valence-electron chi connectivity index (χ2n) is 2.65. The summed E-state index contributed by atoms with van der Waals surface area (Å²) in [6.07, 6.45) is 2.34. The molecule has 1 aromatic heterocycles. The number of anilines is 1. The molecular weight excluding hydrogens is 170 g/mol. The highest BCUT2D eigenvalue weighted by Crippen LogP contribution is 1.98. The number of aryl methyl sites for hydroxylation is 1. The minimum atomic E-state index is -0.147. The zero-order valence-electron chi connectivity index (χ0n) is 7.53. The molecule has 0 aliphatic carbocycles. The fraction of sp³-hybridized carbons (Fsp3) is 0.571. The fourth-order valence-electron chi connectivity index (χ4n) is 0.875. The van der Waals surface area contributed by atoms with Crippen molar-refractivity contribution in [2.75, 3.05) is 11.9 Å². The molecule has 0 fully saturated rings. The van der Waals surface area contributed by atoms with E-state index in [4.69, 9.17) is 5.73 Å². The van der Waals surface area contributed by atoms with E-state index in [1.54, 1.807) is 0 Å². The third-order valence-corrected chi connectivity index (χ3v) is 1.40. The SMILES string of the molecule is CC(=O)Nc1cnn(CCCN)n1. The van der Waals surface area contributed by atoms with Crippen LogP contribution in [0.15, 0.2) is 6.20 Å². The van der Waals surface area contributed by atoms with Gasteiger partial charge in [-0.05, 0) is 13.0 Å². The fourth-order valence-corrected chi connectivity index (χ4v) is 0.875. The molecule has 3 N–H and O–H groups in total. The van der Waals surface area contributed by atoms with Gasteiger partial charge in [-0.2, -0.15) is 9.90 Å². The second-order valence-corrected chi connectivity index (χ2v) is 2.65. The maximum Gasteiger partial charge on any atom is 0.222 e. The maximum atomic E-state index is 10.6. The zero-order chi connectivity index (χ0) is 9.68. The molecule has 0 aliphatic heterocycles. The standard InChI is InChI=1S/C7H13N5O/c1-6(13)10-7-5-9-12(11-7)4-2-3-8/h5H,2-4,8H2,1H3,(H,10,11,13). The van der Waals surface area contributed by atoms with Gasteiger partial charge in [0.1, 0.15) is 0 Å². The van der Waals surface area contributed by atoms with Gasteiger partial charge >= 0.3 is 0 Å². The Bertz CT molecular complexity index is 282. The number of hydrogen-bond acceptors (Lipinski definition) is 4. The molecule has 1 aromatic rings. The number of aromatic nitrogens is 3. The van der Waals surface area contributed by atoms with Crippen LogP contribution >= 0.6 is 0 Å². The van der Waals surface area contributed by atoms with Crippen LogP contribution in [0.1, 0.15) is 13.3 Å². The first-order valence-electron chi connectivity index (χ1n) is 4.10. The highest BCUT2D eigenvalue weighted by molar-refractivity contribution is 5.87. The third kappa shape index (κ3) is 3.20. The van der Waals surface area contributed by atoms with Crippen LogP contribution in [0.3, 0.4) is 0 Å². The first kappa shape index (κ1) is 9.66. The third-order valence-electron chi connectivity index (χ3n) is 1.40. The lowest BCUT2D eigenvalue weighted by Gasteiger charge is -1.96. The quantitative estimate of drug-likeness (QED) is 0.664. The Hall–Kier alpha value is -1.43. The summed E-state index contributed by atoms with van der Waals surface area (Å²) < 4.78 is 0. The van der Waals surface area contributed by atoms with Crippen molar-refractivity contribution in [3.63, 3.8) is 0 Å². The van der Waals surface area contributed by atoms with Gasteiger partial charge in [0.15, 0.2) is 5.82 Å². The Balaban J connectivity index is 2.48. The Morgan fingerprint density at radius 3 is 3.15 bits per heavy atom. The summed E-state index contributed by atoms with van der Waals surface area (Å²) in [4.78, 5) is 12.1. The van der Waals surface area contributed by atoms with E-state index in [-0.39, 0.29) is 5.91 Å². The Kier molecular flexibility index (Phi) is 3.39. The van der Waals surface area contributed by atoms with Crippen LogP contribution in [0.4, 0.5) is 5.82 Å². The van der Waals surface area contributed by atoms with Gasteiger partial charge in [0, 0.05) is 6.92 Å². The van der Waals surface area contributed by atoms with Gasteiger partial charge in [-0.1, -0.05) is 0 Å². The van der Waals surface area contributed by atoms with Crippen molar-refractivity contribution in [1.82, 2.24) is 15.0 Å². The van der Waals surface area contributed by atoms with Gasteiger partial charge in [0.05, 0.1) is 12.7 Å². The molecule has 0 radical (unpaired) electrons. The monoisotopic (exact) mass is 183 g/mol. The molecule has 0 bridgehead atoms. The molecule has 0 atom stereocenters. The van der Waals surface area contributed by atoms with Gasteiger partial charge in [-0.15, -0.1) is 5.10 Å². The first-order chi connectivity index (χ1) is 6.22. The van der Waals surface area contributed by atoms with E-state index in [2.05, 4.69) is 15.5 Å². The maximum absolute atomic E-state index is 10.6. The van der Waals surface area contributed by atoms with Crippen molar-refractivity contribution >= 4 is 11.7 Å². The summed E-state index contributed by atoms with van der Waals surface area (Å²) in [6, 6.07) is 0. The van der Waals surface area contributed by atoms with Crippen molar-refractivity contribution < 1.29 is 4.79 Å². The van der Waals surface area contributed by atoms with E-state index in [1.807, 2.05) is 0 Å². The van der Waals surface area contributed by atoms with Gasteiger partial charge in [-0.3, -0.25) is 4.79 Å². The van der Waals surface area contributed by atoms with Gasteiger partial charge in [-0.25, -0.2) is 0 Å². The average Bonchev–Trinajstić information content (AvgIpc) is 2.48. The minimum absolute atomic E-state index is 0.147. The van der Waals surface area contributed by atoms with E-state index in [9.17, 15) is 4.79 Å². The van der Waals surface area contributed by atoms with E-state index in [1.165, 1.54) is 17.9 Å². The van der Waals surface area contributed by atoms with Crippen molar-refractivity contribution in [3.05, 3.63) is 6.20 Å². The molecule has 0 unspecified atom stereocenters. The second kappa shape index (κ2) is 4.56. The number of hydrogen-bond donors (Lipinski definition) is 2. The lowest BCUT2D eigenvalue weighted by atomic mass is 10.4. The molecule has 1 heterocycles. The normalized spacial score (nSPS) is 10.0. The number of rotatable bonds is 4. The molecule has 6 nitrogen and oxygen atoms in total. The molecule has 0 aliphatic rings. The predicted octanol–water partition coefficient (Wildman–Crippen LogP) is -0.415. The zero-order valence-corrected chi connectivity index (χ0v) is 7.53. The van der Waals surface area contributed by atoms with E-state index in [0.717, 1.165) is 6.42 Å². The van der Waals surface area contributed by atoms with Gasteiger partial charge in [0.25, 0.3) is 0 Å². The summed E-state index contributed by atoms with van der Waals surface area (Å²) in [7, 11) is 0. The molecule has 0 saturated heterocycles. The van der Waals surface area contributed by atoms with Crippen molar-refractivity contribution in [3.8, 4) is 0 Å². The van der Waals surface area contributed by atoms with Gasteiger partial charge in [0.2, 0.25) is 5.91 Å². The molecule has 0 spiro atoms. The number of carbonyl (C=O) groups is 1. The molecule has 0 aromatic carbocycles. The highest BCUT2D eigenvalue weighted by atomic mass is 16.1.